The lowest BCUT2D eigenvalue weighted by molar-refractivity contribution is 0.316. The molecule has 0 aliphatic carbocycles. The van der Waals surface area contributed by atoms with Gasteiger partial charge in [-0.3, -0.25) is 0 Å². The summed E-state index contributed by atoms with van der Waals surface area (Å²) in [7, 11) is 0. The molecule has 3 aromatic rings. The summed E-state index contributed by atoms with van der Waals surface area (Å²) in [5, 5.41) is 10.6. The summed E-state index contributed by atoms with van der Waals surface area (Å²) in [6, 6.07) is 7.74. The maximum atomic E-state index is 13.1. The number of nitrogens with two attached hydrogens (primary N) is 1. The Bertz CT molecular complexity index is 759. The van der Waals surface area contributed by atoms with Crippen LogP contribution < -0.4 is 11.1 Å². The maximum Gasteiger partial charge on any atom is 0.160 e. The lowest BCUT2D eigenvalue weighted by Crippen LogP contribution is -1.94. The molecule has 0 fully saturated rings. The van der Waals surface area contributed by atoms with Crippen LogP contribution in [0.5, 0.6) is 0 Å². The lowest BCUT2D eigenvalue weighted by atomic mass is 10.2. The van der Waals surface area contributed by atoms with Crippen molar-refractivity contribution < 1.29 is 9.02 Å². The Morgan fingerprint density at radius 3 is 2.74 bits per heavy atom. The van der Waals surface area contributed by atoms with Crippen LogP contribution in [0.25, 0.3) is 11.0 Å². The third kappa shape index (κ3) is 2.06. The Morgan fingerprint density at radius 2 is 1.95 bits per heavy atom. The van der Waals surface area contributed by atoms with Crippen molar-refractivity contribution >= 4 is 39.7 Å². The highest BCUT2D eigenvalue weighted by Gasteiger charge is 2.10. The van der Waals surface area contributed by atoms with Crippen molar-refractivity contribution in [3.8, 4) is 0 Å². The molecule has 0 amide bonds. The summed E-state index contributed by atoms with van der Waals surface area (Å²) in [6.45, 7) is 0. The normalized spacial score (nSPS) is 10.8. The molecule has 0 saturated heterocycles. The van der Waals surface area contributed by atoms with Crippen LogP contribution in [0.2, 0.25) is 5.02 Å². The number of nitrogen functional groups attached to an aromatic ring is 1. The highest BCUT2D eigenvalue weighted by atomic mass is 35.5. The fourth-order valence-electron chi connectivity index (χ4n) is 1.72. The molecule has 1 aromatic heterocycles. The Morgan fingerprint density at radius 1 is 1.16 bits per heavy atom. The van der Waals surface area contributed by atoms with E-state index < -0.39 is 5.82 Å². The Hall–Kier alpha value is -2.34. The lowest BCUT2D eigenvalue weighted by Gasteiger charge is -2.07. The van der Waals surface area contributed by atoms with E-state index in [0.29, 0.717) is 28.1 Å². The second kappa shape index (κ2) is 4.40. The van der Waals surface area contributed by atoms with Crippen molar-refractivity contribution in [1.29, 1.82) is 0 Å². The average molecular weight is 279 g/mol. The molecule has 0 aliphatic rings. The second-order valence-electron chi connectivity index (χ2n) is 3.92. The number of nitrogens with zero attached hydrogens (tertiary/aromatic N) is 2. The van der Waals surface area contributed by atoms with Crippen molar-refractivity contribution in [1.82, 2.24) is 10.3 Å². The zero-order valence-electron chi connectivity index (χ0n) is 9.52. The number of nitrogens with one attached hydrogen (secondary N) is 1. The molecule has 1 heterocycles. The van der Waals surface area contributed by atoms with E-state index in [1.165, 1.54) is 12.1 Å². The topological polar surface area (TPSA) is 77.0 Å². The van der Waals surface area contributed by atoms with E-state index in [9.17, 15) is 4.39 Å². The van der Waals surface area contributed by atoms with Crippen LogP contribution in [0.3, 0.4) is 0 Å². The fraction of sp³-hybridized carbons (Fsp3) is 0. The first-order chi connectivity index (χ1) is 9.15. The molecule has 0 spiro atoms. The molecular weight excluding hydrogens is 271 g/mol. The van der Waals surface area contributed by atoms with Gasteiger partial charge in [-0.15, -0.1) is 0 Å². The van der Waals surface area contributed by atoms with E-state index in [2.05, 4.69) is 20.3 Å². The molecule has 0 radical (unpaired) electrons. The van der Waals surface area contributed by atoms with E-state index in [1.54, 1.807) is 18.2 Å². The number of rotatable bonds is 2. The maximum absolute atomic E-state index is 13.1. The number of benzene rings is 2. The number of aromatic nitrogens is 2. The van der Waals surface area contributed by atoms with Crippen molar-refractivity contribution in [2.24, 2.45) is 0 Å². The minimum Gasteiger partial charge on any atom is -0.397 e. The van der Waals surface area contributed by atoms with Gasteiger partial charge in [-0.25, -0.2) is 9.02 Å². The zero-order valence-corrected chi connectivity index (χ0v) is 10.3. The molecule has 19 heavy (non-hydrogen) atoms. The molecule has 0 atom stereocenters. The van der Waals surface area contributed by atoms with Crippen LogP contribution >= 0.6 is 11.6 Å². The summed E-state index contributed by atoms with van der Waals surface area (Å²) in [6.07, 6.45) is 0. The van der Waals surface area contributed by atoms with Crippen LogP contribution in [0, 0.1) is 5.82 Å². The van der Waals surface area contributed by atoms with Gasteiger partial charge in [0.25, 0.3) is 0 Å². The first-order valence-corrected chi connectivity index (χ1v) is 5.76. The summed E-state index contributed by atoms with van der Waals surface area (Å²) in [5.41, 5.74) is 8.46. The second-order valence-corrected chi connectivity index (χ2v) is 4.32. The first-order valence-electron chi connectivity index (χ1n) is 5.38. The van der Waals surface area contributed by atoms with Gasteiger partial charge in [0, 0.05) is 5.69 Å². The molecular formula is C12H8ClFN4O. The monoisotopic (exact) mass is 278 g/mol. The first kappa shape index (κ1) is 11.7. The van der Waals surface area contributed by atoms with Gasteiger partial charge in [0.1, 0.15) is 5.82 Å². The van der Waals surface area contributed by atoms with Gasteiger partial charge in [-0.1, -0.05) is 11.6 Å². The van der Waals surface area contributed by atoms with E-state index in [-0.39, 0.29) is 5.02 Å². The summed E-state index contributed by atoms with van der Waals surface area (Å²) < 4.78 is 17.7. The average Bonchev–Trinajstić information content (AvgIpc) is 2.87. The van der Waals surface area contributed by atoms with E-state index in [0.717, 1.165) is 0 Å². The smallest absolute Gasteiger partial charge is 0.160 e. The van der Waals surface area contributed by atoms with E-state index >= 15 is 0 Å². The number of hydrogen-bond acceptors (Lipinski definition) is 5. The van der Waals surface area contributed by atoms with Gasteiger partial charge in [0.05, 0.1) is 16.4 Å². The van der Waals surface area contributed by atoms with Gasteiger partial charge < -0.3 is 11.1 Å². The minimum atomic E-state index is -0.474. The standard InChI is InChI=1S/C12H8ClFN4O/c13-7-5-6(1-2-8(7)14)16-10-4-3-9(15)11-12(10)18-19-17-11/h1-5,16H,15H2. The van der Waals surface area contributed by atoms with Crippen LogP contribution in [0.4, 0.5) is 21.5 Å². The number of halogens is 2. The highest BCUT2D eigenvalue weighted by Crippen LogP contribution is 2.29. The van der Waals surface area contributed by atoms with Crippen LogP contribution in [0.1, 0.15) is 0 Å². The SMILES string of the molecule is Nc1ccc(Nc2ccc(F)c(Cl)c2)c2nonc12. The van der Waals surface area contributed by atoms with Crippen molar-refractivity contribution in [3.05, 3.63) is 41.2 Å². The summed E-state index contributed by atoms with van der Waals surface area (Å²) >= 11 is 5.72. The molecule has 0 saturated carbocycles. The molecule has 7 heteroatoms. The van der Waals surface area contributed by atoms with Gasteiger partial charge in [-0.2, -0.15) is 0 Å². The highest BCUT2D eigenvalue weighted by molar-refractivity contribution is 6.31. The molecule has 5 nitrogen and oxygen atoms in total. The Labute approximate surface area is 112 Å². The van der Waals surface area contributed by atoms with Crippen molar-refractivity contribution in [3.63, 3.8) is 0 Å². The number of anilines is 3. The van der Waals surface area contributed by atoms with Crippen molar-refractivity contribution in [2.45, 2.75) is 0 Å². The predicted octanol–water partition coefficient (Wildman–Crippen LogP) is 3.34. The fourth-order valence-corrected chi connectivity index (χ4v) is 1.90. The minimum absolute atomic E-state index is 0.0370. The molecule has 2 aromatic carbocycles. The summed E-state index contributed by atoms with van der Waals surface area (Å²) in [4.78, 5) is 0. The number of hydrogen-bond donors (Lipinski definition) is 2. The van der Waals surface area contributed by atoms with Crippen LogP contribution in [0.15, 0.2) is 35.0 Å². The zero-order chi connectivity index (χ0) is 13.4. The molecule has 0 bridgehead atoms. The van der Waals surface area contributed by atoms with Gasteiger partial charge in [0.15, 0.2) is 11.0 Å². The van der Waals surface area contributed by atoms with E-state index in [1.807, 2.05) is 0 Å². The Kier molecular flexibility index (Phi) is 2.72. The van der Waals surface area contributed by atoms with E-state index in [4.69, 9.17) is 17.3 Å². The molecule has 96 valence electrons. The molecule has 3 N–H and O–H groups in total. The molecule has 0 unspecified atom stereocenters. The number of fused-ring (bicyclic) bond motifs is 1. The summed E-state index contributed by atoms with van der Waals surface area (Å²) in [5.74, 6) is -0.474. The van der Waals surface area contributed by atoms with Gasteiger partial charge in [-0.05, 0) is 40.6 Å². The van der Waals surface area contributed by atoms with Crippen LogP contribution in [-0.4, -0.2) is 10.3 Å². The largest absolute Gasteiger partial charge is 0.397 e. The molecule has 0 aliphatic heterocycles. The third-order valence-electron chi connectivity index (χ3n) is 2.65. The van der Waals surface area contributed by atoms with Crippen molar-refractivity contribution in [2.75, 3.05) is 11.1 Å². The van der Waals surface area contributed by atoms with Gasteiger partial charge >= 0.3 is 0 Å². The Balaban J connectivity index is 2.03. The quantitative estimate of drug-likeness (QED) is 0.703. The predicted molar refractivity (Wildman–Crippen MR) is 70.9 cm³/mol. The van der Waals surface area contributed by atoms with Gasteiger partial charge in [0.2, 0.25) is 0 Å². The van der Waals surface area contributed by atoms with Crippen LogP contribution in [-0.2, 0) is 0 Å². The third-order valence-corrected chi connectivity index (χ3v) is 2.93. The molecule has 3 rings (SSSR count).